The zero-order chi connectivity index (χ0) is 14.2. The van der Waals surface area contributed by atoms with E-state index in [2.05, 4.69) is 6.92 Å². The molecule has 0 aromatic heterocycles. The smallest absolute Gasteiger partial charge is 0.227 e. The third-order valence-corrected chi connectivity index (χ3v) is 4.86. The van der Waals surface area contributed by atoms with E-state index in [1.54, 1.807) is 4.90 Å². The summed E-state index contributed by atoms with van der Waals surface area (Å²) in [4.78, 5) is 25.8. The van der Waals surface area contributed by atoms with Gasteiger partial charge in [-0.2, -0.15) is 0 Å². The van der Waals surface area contributed by atoms with Crippen LogP contribution in [-0.4, -0.2) is 35.8 Å². The Morgan fingerprint density at radius 2 is 2.00 bits per heavy atom. The topological polar surface area (TPSA) is 89.4 Å². The molecule has 0 aromatic rings. The summed E-state index contributed by atoms with van der Waals surface area (Å²) >= 11 is 0. The molecule has 1 saturated heterocycles. The van der Waals surface area contributed by atoms with Crippen LogP contribution in [0.1, 0.15) is 39.5 Å². The molecule has 19 heavy (non-hydrogen) atoms. The molecule has 1 aliphatic heterocycles. The van der Waals surface area contributed by atoms with Crippen LogP contribution in [0, 0.1) is 17.3 Å². The molecule has 4 atom stereocenters. The van der Waals surface area contributed by atoms with Crippen molar-refractivity contribution in [3.63, 3.8) is 0 Å². The Hall–Kier alpha value is -1.10. The molecule has 2 amide bonds. The molecule has 1 aliphatic carbocycles. The average molecular weight is 267 g/mol. The highest BCUT2D eigenvalue weighted by Gasteiger charge is 2.43. The molecule has 2 fully saturated rings. The van der Waals surface area contributed by atoms with Crippen LogP contribution < -0.4 is 11.5 Å². The number of nitrogens with zero attached hydrogens (tertiary/aromatic N) is 1. The molecule has 0 radical (unpaired) electrons. The monoisotopic (exact) mass is 267 g/mol. The molecule has 2 rings (SSSR count). The summed E-state index contributed by atoms with van der Waals surface area (Å²) in [6.07, 6.45) is 3.54. The Kier molecular flexibility index (Phi) is 3.85. The van der Waals surface area contributed by atoms with Gasteiger partial charge in [-0.25, -0.2) is 0 Å². The lowest BCUT2D eigenvalue weighted by Crippen LogP contribution is -2.47. The van der Waals surface area contributed by atoms with Crippen molar-refractivity contribution in [3.05, 3.63) is 0 Å². The van der Waals surface area contributed by atoms with Crippen LogP contribution in [0.15, 0.2) is 0 Å². The number of hydrogen-bond donors (Lipinski definition) is 2. The minimum absolute atomic E-state index is 0.0378. The average Bonchev–Trinajstić information content (AvgIpc) is 2.76. The number of hydrogen-bond acceptors (Lipinski definition) is 3. The Morgan fingerprint density at radius 1 is 1.32 bits per heavy atom. The second kappa shape index (κ2) is 5.12. The summed E-state index contributed by atoms with van der Waals surface area (Å²) in [5, 5.41) is 0. The van der Waals surface area contributed by atoms with Crippen LogP contribution in [0.2, 0.25) is 0 Å². The summed E-state index contributed by atoms with van der Waals surface area (Å²) in [7, 11) is 0. The molecule has 1 saturated carbocycles. The van der Waals surface area contributed by atoms with Crippen molar-refractivity contribution < 1.29 is 9.59 Å². The van der Waals surface area contributed by atoms with Crippen molar-refractivity contribution in [2.24, 2.45) is 28.7 Å². The Bertz CT molecular complexity index is 385. The van der Waals surface area contributed by atoms with E-state index in [1.807, 2.05) is 6.92 Å². The fourth-order valence-electron chi connectivity index (χ4n) is 3.27. The van der Waals surface area contributed by atoms with Gasteiger partial charge in [0.25, 0.3) is 0 Å². The molecule has 0 spiro atoms. The quantitative estimate of drug-likeness (QED) is 0.762. The molecule has 4 N–H and O–H groups in total. The molecular formula is C14H25N3O2. The third kappa shape index (κ3) is 2.76. The second-order valence-electron chi connectivity index (χ2n) is 6.62. The first-order valence-corrected chi connectivity index (χ1v) is 7.18. The molecule has 0 bridgehead atoms. The van der Waals surface area contributed by atoms with Gasteiger partial charge in [0.2, 0.25) is 11.8 Å². The summed E-state index contributed by atoms with van der Waals surface area (Å²) in [5.41, 5.74) is 10.9. The number of carbonyl (C=O) groups is 2. The molecule has 5 nitrogen and oxygen atoms in total. The van der Waals surface area contributed by atoms with Gasteiger partial charge in [0.15, 0.2) is 0 Å². The normalized spacial score (nSPS) is 39.3. The first-order valence-electron chi connectivity index (χ1n) is 7.18. The first kappa shape index (κ1) is 14.3. The lowest BCUT2D eigenvalue weighted by Gasteiger charge is -2.34. The highest BCUT2D eigenvalue weighted by atomic mass is 16.2. The van der Waals surface area contributed by atoms with Gasteiger partial charge < -0.3 is 16.4 Å². The van der Waals surface area contributed by atoms with Crippen LogP contribution in [0.25, 0.3) is 0 Å². The lowest BCUT2D eigenvalue weighted by atomic mass is 9.78. The van der Waals surface area contributed by atoms with Gasteiger partial charge >= 0.3 is 0 Å². The van der Waals surface area contributed by atoms with Crippen molar-refractivity contribution in [1.29, 1.82) is 0 Å². The SMILES string of the molecule is CC1CCC(N)C(C(=O)N2CCC(C)(C(N)=O)C2)C1. The van der Waals surface area contributed by atoms with E-state index in [9.17, 15) is 9.59 Å². The van der Waals surface area contributed by atoms with Crippen LogP contribution in [0.5, 0.6) is 0 Å². The number of nitrogens with two attached hydrogens (primary N) is 2. The third-order valence-electron chi connectivity index (χ3n) is 4.86. The second-order valence-corrected chi connectivity index (χ2v) is 6.62. The molecule has 1 heterocycles. The number of primary amides is 1. The van der Waals surface area contributed by atoms with E-state index in [0.29, 0.717) is 25.4 Å². The maximum atomic E-state index is 12.6. The van der Waals surface area contributed by atoms with E-state index in [-0.39, 0.29) is 23.8 Å². The zero-order valence-electron chi connectivity index (χ0n) is 11.9. The van der Waals surface area contributed by atoms with Crippen molar-refractivity contribution in [2.75, 3.05) is 13.1 Å². The minimum Gasteiger partial charge on any atom is -0.369 e. The Balaban J connectivity index is 2.03. The number of likely N-dealkylation sites (tertiary alicyclic amines) is 1. The van der Waals surface area contributed by atoms with E-state index in [1.165, 1.54) is 0 Å². The summed E-state index contributed by atoms with van der Waals surface area (Å²) in [6.45, 7) is 5.07. The fraction of sp³-hybridized carbons (Fsp3) is 0.857. The lowest BCUT2D eigenvalue weighted by molar-refractivity contribution is -0.137. The van der Waals surface area contributed by atoms with E-state index in [0.717, 1.165) is 19.3 Å². The van der Waals surface area contributed by atoms with Crippen LogP contribution in [-0.2, 0) is 9.59 Å². The maximum absolute atomic E-state index is 12.6. The van der Waals surface area contributed by atoms with Gasteiger partial charge in [-0.05, 0) is 38.5 Å². The molecule has 108 valence electrons. The summed E-state index contributed by atoms with van der Waals surface area (Å²) in [6, 6.07) is -0.0378. The van der Waals surface area contributed by atoms with E-state index < -0.39 is 5.41 Å². The van der Waals surface area contributed by atoms with Gasteiger partial charge in [-0.3, -0.25) is 9.59 Å². The molecule has 5 heteroatoms. The predicted molar refractivity (Wildman–Crippen MR) is 73.0 cm³/mol. The Morgan fingerprint density at radius 3 is 2.58 bits per heavy atom. The maximum Gasteiger partial charge on any atom is 0.227 e. The van der Waals surface area contributed by atoms with Gasteiger partial charge in [-0.1, -0.05) is 6.92 Å². The Labute approximate surface area is 114 Å². The first-order chi connectivity index (χ1) is 8.83. The highest BCUT2D eigenvalue weighted by molar-refractivity contribution is 5.84. The summed E-state index contributed by atoms with van der Waals surface area (Å²) in [5.74, 6) is 0.269. The van der Waals surface area contributed by atoms with Gasteiger partial charge in [0.1, 0.15) is 0 Å². The fourth-order valence-corrected chi connectivity index (χ4v) is 3.27. The molecular weight excluding hydrogens is 242 g/mol. The number of carbonyl (C=O) groups excluding carboxylic acids is 2. The van der Waals surface area contributed by atoms with Gasteiger partial charge in [0, 0.05) is 19.1 Å². The molecule has 0 aromatic carbocycles. The van der Waals surface area contributed by atoms with Gasteiger partial charge in [-0.15, -0.1) is 0 Å². The standard InChI is InChI=1S/C14H25N3O2/c1-9-3-4-11(15)10(7-9)12(18)17-6-5-14(2,8-17)13(16)19/h9-11H,3-8,15H2,1-2H3,(H2,16,19). The largest absolute Gasteiger partial charge is 0.369 e. The molecule has 4 unspecified atom stereocenters. The van der Waals surface area contributed by atoms with Crippen molar-refractivity contribution in [3.8, 4) is 0 Å². The highest BCUT2D eigenvalue weighted by Crippen LogP contribution is 2.34. The zero-order valence-corrected chi connectivity index (χ0v) is 11.9. The van der Waals surface area contributed by atoms with E-state index in [4.69, 9.17) is 11.5 Å². The van der Waals surface area contributed by atoms with Crippen molar-refractivity contribution >= 4 is 11.8 Å². The van der Waals surface area contributed by atoms with Crippen LogP contribution >= 0.6 is 0 Å². The van der Waals surface area contributed by atoms with Crippen LogP contribution in [0.4, 0.5) is 0 Å². The van der Waals surface area contributed by atoms with Crippen LogP contribution in [0.3, 0.4) is 0 Å². The number of amides is 2. The van der Waals surface area contributed by atoms with E-state index >= 15 is 0 Å². The summed E-state index contributed by atoms with van der Waals surface area (Å²) < 4.78 is 0. The van der Waals surface area contributed by atoms with Crippen molar-refractivity contribution in [1.82, 2.24) is 4.90 Å². The number of rotatable bonds is 2. The minimum atomic E-state index is -0.569. The van der Waals surface area contributed by atoms with Gasteiger partial charge in [0.05, 0.1) is 11.3 Å². The predicted octanol–water partition coefficient (Wildman–Crippen LogP) is 0.474. The van der Waals surface area contributed by atoms with Crippen molar-refractivity contribution in [2.45, 2.75) is 45.6 Å². The molecule has 2 aliphatic rings.